The molecule has 1 saturated carbocycles. The van der Waals surface area contributed by atoms with E-state index in [2.05, 4.69) is 108 Å². The lowest BCUT2D eigenvalue weighted by atomic mass is 9.78. The van der Waals surface area contributed by atoms with Crippen molar-refractivity contribution in [1.29, 1.82) is 0 Å². The Morgan fingerprint density at radius 2 is 1.35 bits per heavy atom. The normalized spacial score (nSPS) is 15.9. The summed E-state index contributed by atoms with van der Waals surface area (Å²) in [7, 11) is 0. The molecule has 0 heterocycles. The number of carbonyl (C=O) groups excluding carboxylic acids is 2. The first-order valence-electron chi connectivity index (χ1n) is 20.0. The van der Waals surface area contributed by atoms with E-state index in [1.54, 1.807) is 0 Å². The van der Waals surface area contributed by atoms with Crippen LogP contribution in [-0.2, 0) is 11.2 Å². The number of aldehydes is 1. The maximum atomic E-state index is 13.1. The zero-order valence-corrected chi connectivity index (χ0v) is 34.5. The summed E-state index contributed by atoms with van der Waals surface area (Å²) in [5.41, 5.74) is 11.8. The van der Waals surface area contributed by atoms with Crippen molar-refractivity contribution in [2.75, 3.05) is 0 Å². The molecular formula is C48H71NO2. The molecule has 5 rings (SSSR count). The third-order valence-electron chi connectivity index (χ3n) is 9.63. The number of benzene rings is 3. The molecule has 2 aliphatic rings. The van der Waals surface area contributed by atoms with Crippen molar-refractivity contribution in [3.8, 4) is 0 Å². The van der Waals surface area contributed by atoms with Gasteiger partial charge in [0.1, 0.15) is 6.29 Å². The van der Waals surface area contributed by atoms with Gasteiger partial charge in [-0.2, -0.15) is 0 Å². The lowest BCUT2D eigenvalue weighted by Crippen LogP contribution is -2.47. The van der Waals surface area contributed by atoms with E-state index in [4.69, 9.17) is 0 Å². The molecule has 0 aromatic heterocycles. The molecule has 280 valence electrons. The Bertz CT molecular complexity index is 1500. The molecule has 3 aromatic carbocycles. The van der Waals surface area contributed by atoms with Gasteiger partial charge in [-0.25, -0.2) is 0 Å². The molecule has 3 aromatic rings. The Balaban J connectivity index is 0.000000792. The van der Waals surface area contributed by atoms with E-state index < -0.39 is 5.54 Å². The smallest absolute Gasteiger partial charge is 0.252 e. The number of carbonyl (C=O) groups is 2. The number of nitrogens with one attached hydrogen (secondary N) is 1. The van der Waals surface area contributed by atoms with Crippen LogP contribution in [0.25, 0.3) is 11.1 Å². The van der Waals surface area contributed by atoms with Crippen LogP contribution in [0.4, 0.5) is 0 Å². The molecule has 0 saturated heterocycles. The van der Waals surface area contributed by atoms with E-state index in [1.165, 1.54) is 57.4 Å². The van der Waals surface area contributed by atoms with Crippen LogP contribution in [0.5, 0.6) is 0 Å². The minimum atomic E-state index is -0.694. The van der Waals surface area contributed by atoms with Gasteiger partial charge in [0.05, 0.1) is 5.54 Å². The fourth-order valence-corrected chi connectivity index (χ4v) is 6.91. The first-order valence-corrected chi connectivity index (χ1v) is 20.0. The summed E-state index contributed by atoms with van der Waals surface area (Å²) in [6.45, 7) is 25.0. The fourth-order valence-electron chi connectivity index (χ4n) is 6.91. The Labute approximate surface area is 313 Å². The second-order valence-corrected chi connectivity index (χ2v) is 13.4. The molecule has 1 N–H and O–H groups in total. The van der Waals surface area contributed by atoms with E-state index in [0.29, 0.717) is 11.5 Å². The van der Waals surface area contributed by atoms with Crippen molar-refractivity contribution in [2.45, 2.75) is 153 Å². The van der Waals surface area contributed by atoms with Crippen molar-refractivity contribution in [3.63, 3.8) is 0 Å². The summed E-state index contributed by atoms with van der Waals surface area (Å²) >= 11 is 0. The molecule has 51 heavy (non-hydrogen) atoms. The van der Waals surface area contributed by atoms with Gasteiger partial charge in [0.15, 0.2) is 0 Å². The number of hydrogen-bond acceptors (Lipinski definition) is 2. The van der Waals surface area contributed by atoms with Gasteiger partial charge in [-0.15, -0.1) is 0 Å². The highest BCUT2D eigenvalue weighted by Crippen LogP contribution is 2.41. The molecule has 0 bridgehead atoms. The second-order valence-electron chi connectivity index (χ2n) is 13.4. The number of aryl methyl sites for hydroxylation is 5. The second kappa shape index (κ2) is 24.5. The Morgan fingerprint density at radius 1 is 0.784 bits per heavy atom. The van der Waals surface area contributed by atoms with Crippen LogP contribution in [0, 0.1) is 33.6 Å². The summed E-state index contributed by atoms with van der Waals surface area (Å²) in [5, 5.41) is 3.05. The third-order valence-corrected chi connectivity index (χ3v) is 9.63. The minimum absolute atomic E-state index is 0.146. The SMILES string of the molecule is CC.CC.CC.CCCCc1cc(C)ccc1/C(C)=C(/c1ccc(C(=O)NC2(C=O)CCCC2)cc1C)C1CC=CCC1.Cc1ccc(C)cc1. The van der Waals surface area contributed by atoms with Gasteiger partial charge in [0, 0.05) is 5.56 Å². The van der Waals surface area contributed by atoms with Crippen molar-refractivity contribution < 1.29 is 9.59 Å². The van der Waals surface area contributed by atoms with Gasteiger partial charge in [-0.1, -0.05) is 145 Å². The van der Waals surface area contributed by atoms with Crippen LogP contribution < -0.4 is 5.32 Å². The highest BCUT2D eigenvalue weighted by Gasteiger charge is 2.35. The summed E-state index contributed by atoms with van der Waals surface area (Å²) in [6.07, 6.45) is 15.8. The maximum absolute atomic E-state index is 13.1. The molecule has 1 amide bonds. The van der Waals surface area contributed by atoms with Gasteiger partial charge < -0.3 is 10.1 Å². The number of rotatable bonds is 9. The zero-order chi connectivity index (χ0) is 38.4. The van der Waals surface area contributed by atoms with Crippen molar-refractivity contribution in [2.24, 2.45) is 5.92 Å². The number of hydrogen-bond donors (Lipinski definition) is 1. The largest absolute Gasteiger partial charge is 0.340 e. The fraction of sp³-hybridized carbons (Fsp3) is 0.500. The predicted octanol–water partition coefficient (Wildman–Crippen LogP) is 13.6. The lowest BCUT2D eigenvalue weighted by Gasteiger charge is -2.27. The van der Waals surface area contributed by atoms with Crippen LogP contribution in [0.2, 0.25) is 0 Å². The van der Waals surface area contributed by atoms with Gasteiger partial charge in [0.2, 0.25) is 0 Å². The predicted molar refractivity (Wildman–Crippen MR) is 225 cm³/mol. The van der Waals surface area contributed by atoms with Gasteiger partial charge >= 0.3 is 0 Å². The Kier molecular flexibility index (Phi) is 21.7. The molecule has 3 nitrogen and oxygen atoms in total. The number of amides is 1. The van der Waals surface area contributed by atoms with E-state index in [1.807, 2.05) is 53.7 Å². The molecular weight excluding hydrogens is 623 g/mol. The standard InChI is InChI=1S/C34H43NO2.C8H10.3C2H6/c1-5-6-12-28-21-24(2)15-17-31(28)26(4)32(27-13-8-7-9-14-27)30-18-16-29(22-25(30)3)33(37)35-34(23-36)19-10-11-20-34;1-7-3-5-8(2)6-4-7;3*1-2/h7-8,15-18,21-23,27H,5-6,9-14,19-20H2,1-4H3,(H,35,37);3-6H,1-2H3;3*1-2H3/b32-26+;;;;. The quantitative estimate of drug-likeness (QED) is 0.138. The van der Waals surface area contributed by atoms with E-state index in [-0.39, 0.29) is 5.91 Å². The van der Waals surface area contributed by atoms with Crippen LogP contribution >= 0.6 is 0 Å². The topological polar surface area (TPSA) is 46.2 Å². The Morgan fingerprint density at radius 3 is 1.86 bits per heavy atom. The van der Waals surface area contributed by atoms with Gasteiger partial charge in [-0.05, 0) is 131 Å². The van der Waals surface area contributed by atoms with E-state index >= 15 is 0 Å². The van der Waals surface area contributed by atoms with Crippen LogP contribution in [0.3, 0.4) is 0 Å². The van der Waals surface area contributed by atoms with Gasteiger partial charge in [-0.3, -0.25) is 4.79 Å². The Hall–Kier alpha value is -3.72. The highest BCUT2D eigenvalue weighted by molar-refractivity contribution is 5.98. The minimum Gasteiger partial charge on any atom is -0.340 e. The van der Waals surface area contributed by atoms with Crippen molar-refractivity contribution in [3.05, 3.63) is 117 Å². The van der Waals surface area contributed by atoms with E-state index in [0.717, 1.165) is 63.2 Å². The van der Waals surface area contributed by atoms with Crippen molar-refractivity contribution in [1.82, 2.24) is 5.32 Å². The van der Waals surface area contributed by atoms with Gasteiger partial charge in [0.25, 0.3) is 5.91 Å². The number of unbranched alkanes of at least 4 members (excludes halogenated alkanes) is 1. The lowest BCUT2D eigenvalue weighted by molar-refractivity contribution is -0.112. The maximum Gasteiger partial charge on any atom is 0.252 e. The molecule has 1 atom stereocenters. The molecule has 0 radical (unpaired) electrons. The molecule has 1 unspecified atom stereocenters. The number of allylic oxidation sites excluding steroid dienone is 4. The first-order chi connectivity index (χ1) is 24.7. The summed E-state index contributed by atoms with van der Waals surface area (Å²) in [6, 6.07) is 21.5. The van der Waals surface area contributed by atoms with Crippen LogP contribution in [0.1, 0.15) is 162 Å². The summed E-state index contributed by atoms with van der Waals surface area (Å²) < 4.78 is 0. The zero-order valence-electron chi connectivity index (χ0n) is 34.5. The third kappa shape index (κ3) is 13.7. The highest BCUT2D eigenvalue weighted by atomic mass is 16.2. The summed E-state index contributed by atoms with van der Waals surface area (Å²) in [4.78, 5) is 24.9. The average molecular weight is 694 g/mol. The molecule has 1 fully saturated rings. The first kappa shape index (κ1) is 45.3. The summed E-state index contributed by atoms with van der Waals surface area (Å²) in [5.74, 6) is 0.312. The monoisotopic (exact) mass is 694 g/mol. The van der Waals surface area contributed by atoms with Crippen LogP contribution in [-0.4, -0.2) is 17.7 Å². The molecule has 3 heteroatoms. The van der Waals surface area contributed by atoms with Crippen LogP contribution in [0.15, 0.2) is 72.8 Å². The van der Waals surface area contributed by atoms with Crippen molar-refractivity contribution >= 4 is 23.3 Å². The molecule has 0 spiro atoms. The molecule has 0 aliphatic heterocycles. The van der Waals surface area contributed by atoms with E-state index in [9.17, 15) is 9.59 Å². The average Bonchev–Trinajstić information content (AvgIpc) is 3.64. The molecule has 2 aliphatic carbocycles.